The van der Waals surface area contributed by atoms with Gasteiger partial charge in [-0.2, -0.15) is 0 Å². The Kier molecular flexibility index (Phi) is 7.38. The summed E-state index contributed by atoms with van der Waals surface area (Å²) in [6.45, 7) is 4.10. The third kappa shape index (κ3) is 5.46. The number of hydrogen-bond donors (Lipinski definition) is 1. The third-order valence-corrected chi connectivity index (χ3v) is 4.70. The first-order chi connectivity index (χ1) is 11.7. The van der Waals surface area contributed by atoms with Crippen LogP contribution in [0.1, 0.15) is 19.4 Å². The molecule has 0 aliphatic carbocycles. The van der Waals surface area contributed by atoms with Crippen LogP contribution in [0.25, 0.3) is 0 Å². The Morgan fingerprint density at radius 2 is 1.80 bits per heavy atom. The minimum Gasteiger partial charge on any atom is -0.376 e. The molecule has 8 heteroatoms. The number of methoxy groups -OCH3 is 1. The first-order valence-electron chi connectivity index (χ1n) is 7.95. The van der Waals surface area contributed by atoms with Gasteiger partial charge in [0.1, 0.15) is 12.2 Å². The van der Waals surface area contributed by atoms with E-state index in [0.717, 1.165) is 5.56 Å². The summed E-state index contributed by atoms with van der Waals surface area (Å²) in [6.07, 6.45) is -1.37. The molecular weight excluding hydrogens is 389 g/mol. The number of ether oxygens (including phenoxy) is 3. The van der Waals surface area contributed by atoms with E-state index in [1.807, 2.05) is 44.2 Å². The number of amides is 1. The second-order valence-electron chi connectivity index (χ2n) is 6.00. The maximum atomic E-state index is 12.1. The van der Waals surface area contributed by atoms with E-state index in [-0.39, 0.29) is 18.3 Å². The SMILES string of the molecule is CO[C@H]1C(C)O[C@@H](C)C(NC(=O)C(Cl)(Cl)Cl)C1OCc1ccccc1. The second-order valence-corrected chi connectivity index (χ2v) is 8.29. The zero-order valence-electron chi connectivity index (χ0n) is 14.2. The molecule has 0 aromatic heterocycles. The van der Waals surface area contributed by atoms with Crippen LogP contribution < -0.4 is 5.32 Å². The van der Waals surface area contributed by atoms with Crippen molar-refractivity contribution in [3.05, 3.63) is 35.9 Å². The van der Waals surface area contributed by atoms with Crippen LogP contribution in [-0.4, -0.2) is 47.3 Å². The van der Waals surface area contributed by atoms with Gasteiger partial charge in [0.05, 0.1) is 24.9 Å². The second kappa shape index (κ2) is 8.89. The molecule has 1 saturated heterocycles. The molecule has 1 amide bonds. The lowest BCUT2D eigenvalue weighted by atomic mass is 9.93. The van der Waals surface area contributed by atoms with Gasteiger partial charge in [-0.05, 0) is 19.4 Å². The highest BCUT2D eigenvalue weighted by molar-refractivity contribution is 6.76. The molecule has 1 N–H and O–H groups in total. The molecule has 140 valence electrons. The number of carbonyl (C=O) groups excluding carboxylic acids is 1. The van der Waals surface area contributed by atoms with Crippen molar-refractivity contribution in [1.82, 2.24) is 5.32 Å². The van der Waals surface area contributed by atoms with Gasteiger partial charge in [-0.15, -0.1) is 0 Å². The van der Waals surface area contributed by atoms with E-state index in [0.29, 0.717) is 6.61 Å². The zero-order valence-corrected chi connectivity index (χ0v) is 16.5. The molecule has 1 aromatic rings. The standard InChI is InChI=1S/C17H22Cl3NO4/c1-10-13(21-16(22)17(18,19)20)15(14(23-3)11(2)25-10)24-9-12-7-5-4-6-8-12/h4-8,10-11,13-15H,9H2,1-3H3,(H,21,22)/t10-,11?,13?,14-,15?/m0/s1. The number of rotatable bonds is 5. The molecule has 0 bridgehead atoms. The molecule has 1 aliphatic heterocycles. The highest BCUT2D eigenvalue weighted by atomic mass is 35.6. The highest BCUT2D eigenvalue weighted by Gasteiger charge is 2.46. The molecule has 0 radical (unpaired) electrons. The largest absolute Gasteiger partial charge is 0.376 e. The minimum atomic E-state index is -2.06. The van der Waals surface area contributed by atoms with E-state index in [2.05, 4.69) is 5.32 Å². The number of halogens is 3. The minimum absolute atomic E-state index is 0.207. The van der Waals surface area contributed by atoms with Gasteiger partial charge >= 0.3 is 0 Å². The Balaban J connectivity index is 2.17. The lowest BCUT2D eigenvalue weighted by molar-refractivity contribution is -0.202. The topological polar surface area (TPSA) is 56.8 Å². The van der Waals surface area contributed by atoms with Crippen LogP contribution in [0, 0.1) is 0 Å². The monoisotopic (exact) mass is 409 g/mol. The van der Waals surface area contributed by atoms with Crippen molar-refractivity contribution < 1.29 is 19.0 Å². The van der Waals surface area contributed by atoms with Gasteiger partial charge in [-0.25, -0.2) is 0 Å². The van der Waals surface area contributed by atoms with Crippen molar-refractivity contribution in [3.63, 3.8) is 0 Å². The van der Waals surface area contributed by atoms with Crippen LogP contribution in [0.3, 0.4) is 0 Å². The fourth-order valence-electron chi connectivity index (χ4n) is 2.96. The number of nitrogens with one attached hydrogen (secondary N) is 1. The van der Waals surface area contributed by atoms with Crippen LogP contribution in [-0.2, 0) is 25.6 Å². The summed E-state index contributed by atoms with van der Waals surface area (Å²) in [4.78, 5) is 12.1. The van der Waals surface area contributed by atoms with Gasteiger partial charge in [-0.3, -0.25) is 4.79 Å². The number of alkyl halides is 3. The molecule has 25 heavy (non-hydrogen) atoms. The predicted molar refractivity (Wildman–Crippen MR) is 98.0 cm³/mol. The number of benzene rings is 1. The number of carbonyl (C=O) groups is 1. The van der Waals surface area contributed by atoms with E-state index in [1.165, 1.54) is 0 Å². The average molecular weight is 411 g/mol. The van der Waals surface area contributed by atoms with E-state index in [4.69, 9.17) is 49.0 Å². The van der Waals surface area contributed by atoms with Gasteiger partial charge in [0.2, 0.25) is 0 Å². The lowest BCUT2D eigenvalue weighted by Crippen LogP contribution is -2.64. The molecule has 0 saturated carbocycles. The molecule has 1 aromatic carbocycles. The lowest BCUT2D eigenvalue weighted by Gasteiger charge is -2.44. The summed E-state index contributed by atoms with van der Waals surface area (Å²) >= 11 is 17.0. The molecule has 5 nitrogen and oxygen atoms in total. The summed E-state index contributed by atoms with van der Waals surface area (Å²) < 4.78 is 15.4. The van der Waals surface area contributed by atoms with Crippen LogP contribution in [0.15, 0.2) is 30.3 Å². The van der Waals surface area contributed by atoms with Crippen molar-refractivity contribution in [1.29, 1.82) is 0 Å². The van der Waals surface area contributed by atoms with Gasteiger partial charge in [0.15, 0.2) is 0 Å². The maximum Gasteiger partial charge on any atom is 0.272 e. The zero-order chi connectivity index (χ0) is 18.6. The Bertz CT molecular complexity index is 567. The van der Waals surface area contributed by atoms with Crippen LogP contribution >= 0.6 is 34.8 Å². The fourth-order valence-corrected chi connectivity index (χ4v) is 3.13. The van der Waals surface area contributed by atoms with Crippen LogP contribution in [0.2, 0.25) is 0 Å². The van der Waals surface area contributed by atoms with Crippen LogP contribution in [0.5, 0.6) is 0 Å². The van der Waals surface area contributed by atoms with Gasteiger partial charge in [0, 0.05) is 7.11 Å². The predicted octanol–water partition coefficient (Wildman–Crippen LogP) is 3.25. The summed E-state index contributed by atoms with van der Waals surface area (Å²) in [7, 11) is 1.58. The molecule has 1 aliphatic rings. The van der Waals surface area contributed by atoms with Crippen molar-refractivity contribution in [2.24, 2.45) is 0 Å². The molecule has 0 spiro atoms. The normalized spacial score (nSPS) is 30.1. The van der Waals surface area contributed by atoms with Crippen molar-refractivity contribution in [2.75, 3.05) is 7.11 Å². The third-order valence-electron chi connectivity index (χ3n) is 4.19. The maximum absolute atomic E-state index is 12.1. The molecule has 5 atom stereocenters. The average Bonchev–Trinajstić information content (AvgIpc) is 2.55. The Morgan fingerprint density at radius 3 is 2.36 bits per heavy atom. The Hall–Kier alpha value is -0.560. The summed E-state index contributed by atoms with van der Waals surface area (Å²) in [5, 5.41) is 2.72. The van der Waals surface area contributed by atoms with E-state index in [9.17, 15) is 4.79 Å². The number of hydrogen-bond acceptors (Lipinski definition) is 4. The van der Waals surface area contributed by atoms with Crippen LogP contribution in [0.4, 0.5) is 0 Å². The summed E-state index contributed by atoms with van der Waals surface area (Å²) in [5.74, 6) is -0.726. The van der Waals surface area contributed by atoms with E-state index in [1.54, 1.807) is 7.11 Å². The van der Waals surface area contributed by atoms with Gasteiger partial charge in [-0.1, -0.05) is 65.1 Å². The van der Waals surface area contributed by atoms with Crippen molar-refractivity contribution in [3.8, 4) is 0 Å². The van der Waals surface area contributed by atoms with Crippen molar-refractivity contribution >= 4 is 40.7 Å². The molecular formula is C17H22Cl3NO4. The fraction of sp³-hybridized carbons (Fsp3) is 0.588. The molecule has 1 heterocycles. The Labute approximate surface area is 162 Å². The molecule has 3 unspecified atom stereocenters. The molecule has 2 rings (SSSR count). The van der Waals surface area contributed by atoms with E-state index < -0.39 is 21.8 Å². The first kappa shape index (κ1) is 20.7. The Morgan fingerprint density at radius 1 is 1.16 bits per heavy atom. The molecule has 1 fully saturated rings. The first-order valence-corrected chi connectivity index (χ1v) is 9.09. The van der Waals surface area contributed by atoms with Gasteiger partial charge in [0.25, 0.3) is 9.70 Å². The van der Waals surface area contributed by atoms with Gasteiger partial charge < -0.3 is 19.5 Å². The smallest absolute Gasteiger partial charge is 0.272 e. The van der Waals surface area contributed by atoms with E-state index >= 15 is 0 Å². The van der Waals surface area contributed by atoms with Crippen molar-refractivity contribution in [2.45, 2.75) is 54.7 Å². The quantitative estimate of drug-likeness (QED) is 0.757. The summed E-state index contributed by atoms with van der Waals surface area (Å²) in [6, 6.07) is 9.21. The summed E-state index contributed by atoms with van der Waals surface area (Å²) in [5.41, 5.74) is 1.01. The highest BCUT2D eigenvalue weighted by Crippen LogP contribution is 2.30.